The average molecular weight is 412 g/mol. The number of rotatable bonds is 10. The molecule has 2 rings (SSSR count). The summed E-state index contributed by atoms with van der Waals surface area (Å²) in [6.07, 6.45) is 0.553. The van der Waals surface area contributed by atoms with E-state index < -0.39 is 35.9 Å². The van der Waals surface area contributed by atoms with E-state index in [9.17, 15) is 19.5 Å². The third-order valence-corrected chi connectivity index (χ3v) is 4.78. The highest BCUT2D eigenvalue weighted by atomic mass is 16.4. The van der Waals surface area contributed by atoms with Crippen LogP contribution in [0.1, 0.15) is 25.0 Å². The van der Waals surface area contributed by atoms with Crippen LogP contribution in [-0.2, 0) is 27.2 Å². The molecule has 0 saturated carbocycles. The van der Waals surface area contributed by atoms with Gasteiger partial charge < -0.3 is 21.5 Å². The molecule has 2 amide bonds. The number of hydrogen-bond donors (Lipinski definition) is 4. The maximum atomic E-state index is 12.9. The Morgan fingerprint density at radius 2 is 1.33 bits per heavy atom. The van der Waals surface area contributed by atoms with Crippen molar-refractivity contribution in [2.24, 2.45) is 11.7 Å². The van der Waals surface area contributed by atoms with Crippen LogP contribution in [0.15, 0.2) is 60.7 Å². The second-order valence-corrected chi connectivity index (χ2v) is 7.62. The molecule has 30 heavy (non-hydrogen) atoms. The van der Waals surface area contributed by atoms with Gasteiger partial charge in [-0.1, -0.05) is 74.5 Å². The van der Waals surface area contributed by atoms with Gasteiger partial charge in [-0.3, -0.25) is 9.59 Å². The number of carbonyl (C=O) groups is 3. The summed E-state index contributed by atoms with van der Waals surface area (Å²) in [5, 5.41) is 14.6. The summed E-state index contributed by atoms with van der Waals surface area (Å²) in [7, 11) is 0. The Balaban J connectivity index is 2.13. The second-order valence-electron chi connectivity index (χ2n) is 7.62. The summed E-state index contributed by atoms with van der Waals surface area (Å²) in [5.74, 6) is -2.45. The van der Waals surface area contributed by atoms with E-state index >= 15 is 0 Å². The molecule has 2 aromatic carbocycles. The van der Waals surface area contributed by atoms with E-state index in [1.54, 1.807) is 13.8 Å². The summed E-state index contributed by atoms with van der Waals surface area (Å²) in [5.41, 5.74) is 7.80. The predicted octanol–water partition coefficient (Wildman–Crippen LogP) is 1.51. The topological polar surface area (TPSA) is 122 Å². The molecular formula is C23H29N3O4. The lowest BCUT2D eigenvalue weighted by Crippen LogP contribution is -2.56. The van der Waals surface area contributed by atoms with Crippen LogP contribution in [-0.4, -0.2) is 41.0 Å². The quantitative estimate of drug-likeness (QED) is 0.472. The van der Waals surface area contributed by atoms with Crippen molar-refractivity contribution in [2.45, 2.75) is 44.8 Å². The van der Waals surface area contributed by atoms with E-state index in [0.29, 0.717) is 6.42 Å². The number of carboxylic acid groups (broad SMARTS) is 1. The summed E-state index contributed by atoms with van der Waals surface area (Å²) in [6.45, 7) is 3.42. The number of carbonyl (C=O) groups excluding carboxylic acids is 2. The van der Waals surface area contributed by atoms with Crippen molar-refractivity contribution >= 4 is 17.8 Å². The number of hydrogen-bond acceptors (Lipinski definition) is 4. The molecule has 0 aliphatic rings. The third-order valence-electron chi connectivity index (χ3n) is 4.78. The van der Waals surface area contributed by atoms with Crippen molar-refractivity contribution in [1.82, 2.24) is 10.6 Å². The lowest BCUT2D eigenvalue weighted by molar-refractivity contribution is -0.143. The summed E-state index contributed by atoms with van der Waals surface area (Å²) < 4.78 is 0. The van der Waals surface area contributed by atoms with Gasteiger partial charge >= 0.3 is 5.97 Å². The minimum atomic E-state index is -1.12. The summed E-state index contributed by atoms with van der Waals surface area (Å²) in [6, 6.07) is 15.7. The molecule has 0 saturated heterocycles. The van der Waals surface area contributed by atoms with Gasteiger partial charge in [0.05, 0.1) is 6.04 Å². The molecule has 0 aromatic heterocycles. The van der Waals surface area contributed by atoms with Crippen molar-refractivity contribution in [3.63, 3.8) is 0 Å². The molecule has 0 unspecified atom stereocenters. The zero-order valence-corrected chi connectivity index (χ0v) is 17.2. The van der Waals surface area contributed by atoms with Crippen LogP contribution in [0.3, 0.4) is 0 Å². The Hall–Kier alpha value is -3.19. The first-order valence-corrected chi connectivity index (χ1v) is 9.95. The minimum Gasteiger partial charge on any atom is -0.480 e. The number of aliphatic carboxylic acids is 1. The van der Waals surface area contributed by atoms with Gasteiger partial charge in [-0.25, -0.2) is 4.79 Å². The lowest BCUT2D eigenvalue weighted by atomic mass is 10.0. The molecule has 7 nitrogen and oxygen atoms in total. The molecule has 0 bridgehead atoms. The monoisotopic (exact) mass is 411 g/mol. The Morgan fingerprint density at radius 3 is 1.80 bits per heavy atom. The van der Waals surface area contributed by atoms with Gasteiger partial charge in [0.25, 0.3) is 0 Å². The zero-order valence-electron chi connectivity index (χ0n) is 17.2. The molecule has 0 aliphatic carbocycles. The van der Waals surface area contributed by atoms with Gasteiger partial charge in [0, 0.05) is 6.42 Å². The van der Waals surface area contributed by atoms with Crippen LogP contribution in [0.2, 0.25) is 0 Å². The van der Waals surface area contributed by atoms with Crippen LogP contribution >= 0.6 is 0 Å². The summed E-state index contributed by atoms with van der Waals surface area (Å²) >= 11 is 0. The van der Waals surface area contributed by atoms with Gasteiger partial charge in [-0.15, -0.1) is 0 Å². The third kappa shape index (κ3) is 7.00. The fourth-order valence-corrected chi connectivity index (χ4v) is 3.07. The molecule has 160 valence electrons. The zero-order chi connectivity index (χ0) is 22.1. The SMILES string of the molecule is CC(C)[C@@H](NC(=O)[C@@H](Cc1ccccc1)NC(=O)[C@H](N)Cc1ccccc1)C(=O)O. The number of nitrogens with two attached hydrogens (primary N) is 1. The minimum absolute atomic E-state index is 0.223. The highest BCUT2D eigenvalue weighted by Gasteiger charge is 2.29. The van der Waals surface area contributed by atoms with E-state index in [0.717, 1.165) is 11.1 Å². The predicted molar refractivity (Wildman–Crippen MR) is 115 cm³/mol. The van der Waals surface area contributed by atoms with E-state index in [2.05, 4.69) is 10.6 Å². The Labute approximate surface area is 176 Å². The highest BCUT2D eigenvalue weighted by molar-refractivity contribution is 5.92. The fraction of sp³-hybridized carbons (Fsp3) is 0.348. The Bertz CT molecular complexity index is 840. The largest absolute Gasteiger partial charge is 0.480 e. The lowest BCUT2D eigenvalue weighted by Gasteiger charge is -2.24. The van der Waals surface area contributed by atoms with Crippen LogP contribution < -0.4 is 16.4 Å². The number of carboxylic acids is 1. The van der Waals surface area contributed by atoms with Gasteiger partial charge in [0.2, 0.25) is 11.8 Å². The molecular weight excluding hydrogens is 382 g/mol. The molecule has 2 aromatic rings. The maximum absolute atomic E-state index is 12.9. The molecule has 0 fully saturated rings. The van der Waals surface area contributed by atoms with Crippen molar-refractivity contribution in [2.75, 3.05) is 0 Å². The molecule has 0 spiro atoms. The van der Waals surface area contributed by atoms with E-state index in [-0.39, 0.29) is 12.3 Å². The maximum Gasteiger partial charge on any atom is 0.326 e. The average Bonchev–Trinajstić information content (AvgIpc) is 2.72. The second kappa shape index (κ2) is 11.1. The number of nitrogens with one attached hydrogen (secondary N) is 2. The highest BCUT2D eigenvalue weighted by Crippen LogP contribution is 2.08. The summed E-state index contributed by atoms with van der Waals surface area (Å²) in [4.78, 5) is 37.0. The van der Waals surface area contributed by atoms with Gasteiger partial charge in [0.15, 0.2) is 0 Å². The van der Waals surface area contributed by atoms with E-state index in [1.165, 1.54) is 0 Å². The normalized spacial score (nSPS) is 13.9. The van der Waals surface area contributed by atoms with Crippen molar-refractivity contribution in [3.8, 4) is 0 Å². The van der Waals surface area contributed by atoms with Crippen molar-refractivity contribution in [1.29, 1.82) is 0 Å². The molecule has 0 radical (unpaired) electrons. The first-order chi connectivity index (χ1) is 14.3. The Kier molecular flexibility index (Phi) is 8.55. The molecule has 5 N–H and O–H groups in total. The Morgan fingerprint density at radius 1 is 0.833 bits per heavy atom. The van der Waals surface area contributed by atoms with Gasteiger partial charge in [-0.2, -0.15) is 0 Å². The molecule has 7 heteroatoms. The van der Waals surface area contributed by atoms with Crippen molar-refractivity contribution in [3.05, 3.63) is 71.8 Å². The first kappa shape index (κ1) is 23.1. The van der Waals surface area contributed by atoms with E-state index in [4.69, 9.17) is 5.73 Å². The van der Waals surface area contributed by atoms with E-state index in [1.807, 2.05) is 60.7 Å². The number of amides is 2. The standard InChI is InChI=1S/C23H29N3O4/c1-15(2)20(23(29)30)26-22(28)19(14-17-11-7-4-8-12-17)25-21(27)18(24)13-16-9-5-3-6-10-16/h3-12,15,18-20H,13-14,24H2,1-2H3,(H,25,27)(H,26,28)(H,29,30)/t18-,19-,20-/m1/s1. The van der Waals surface area contributed by atoms with Crippen LogP contribution in [0, 0.1) is 5.92 Å². The van der Waals surface area contributed by atoms with Crippen LogP contribution in [0.5, 0.6) is 0 Å². The molecule has 0 aliphatic heterocycles. The fourth-order valence-electron chi connectivity index (χ4n) is 3.07. The van der Waals surface area contributed by atoms with Gasteiger partial charge in [0.1, 0.15) is 12.1 Å². The van der Waals surface area contributed by atoms with Gasteiger partial charge in [-0.05, 0) is 23.5 Å². The molecule has 3 atom stereocenters. The smallest absolute Gasteiger partial charge is 0.326 e. The number of benzene rings is 2. The first-order valence-electron chi connectivity index (χ1n) is 9.95. The van der Waals surface area contributed by atoms with Crippen molar-refractivity contribution < 1.29 is 19.5 Å². The van der Waals surface area contributed by atoms with Crippen LogP contribution in [0.4, 0.5) is 0 Å². The molecule has 0 heterocycles. The van der Waals surface area contributed by atoms with Crippen LogP contribution in [0.25, 0.3) is 0 Å².